The van der Waals surface area contributed by atoms with E-state index in [4.69, 9.17) is 0 Å². The minimum absolute atomic E-state index is 0.736. The average molecular weight is 184 g/mol. The second-order valence-corrected chi connectivity index (χ2v) is 4.06. The number of hydrogen-bond donors (Lipinski definition) is 2. The lowest BCUT2D eigenvalue weighted by Crippen LogP contribution is -2.38. The van der Waals surface area contributed by atoms with Gasteiger partial charge in [-0.05, 0) is 32.4 Å². The van der Waals surface area contributed by atoms with E-state index in [-0.39, 0.29) is 0 Å². The standard InChI is InChI=1S/C11H24N2/c1-2-3-8-12-10-11-7-5-4-6-9-13-11/h11-13H,2-10H2,1H3. The third-order valence-electron chi connectivity index (χ3n) is 2.76. The van der Waals surface area contributed by atoms with Gasteiger partial charge < -0.3 is 10.6 Å². The van der Waals surface area contributed by atoms with Crippen LogP contribution in [0.4, 0.5) is 0 Å². The molecule has 2 N–H and O–H groups in total. The predicted molar refractivity (Wildman–Crippen MR) is 58.0 cm³/mol. The lowest BCUT2D eigenvalue weighted by Gasteiger charge is -2.16. The first-order valence-corrected chi connectivity index (χ1v) is 5.87. The normalized spacial score (nSPS) is 24.2. The van der Waals surface area contributed by atoms with Crippen LogP contribution in [0, 0.1) is 0 Å². The predicted octanol–water partition coefficient (Wildman–Crippen LogP) is 1.91. The van der Waals surface area contributed by atoms with Crippen molar-refractivity contribution < 1.29 is 0 Å². The Labute approximate surface area is 82.5 Å². The zero-order valence-corrected chi connectivity index (χ0v) is 8.94. The van der Waals surface area contributed by atoms with Crippen LogP contribution in [0.5, 0.6) is 0 Å². The van der Waals surface area contributed by atoms with Gasteiger partial charge in [0.1, 0.15) is 0 Å². The van der Waals surface area contributed by atoms with Gasteiger partial charge in [0.05, 0.1) is 0 Å². The van der Waals surface area contributed by atoms with Gasteiger partial charge in [-0.3, -0.25) is 0 Å². The molecular weight excluding hydrogens is 160 g/mol. The minimum Gasteiger partial charge on any atom is -0.315 e. The summed E-state index contributed by atoms with van der Waals surface area (Å²) >= 11 is 0. The van der Waals surface area contributed by atoms with Gasteiger partial charge in [0.2, 0.25) is 0 Å². The molecule has 0 bridgehead atoms. The zero-order valence-electron chi connectivity index (χ0n) is 8.94. The summed E-state index contributed by atoms with van der Waals surface area (Å²) in [4.78, 5) is 0. The van der Waals surface area contributed by atoms with Crippen molar-refractivity contribution in [2.45, 2.75) is 51.5 Å². The summed E-state index contributed by atoms with van der Waals surface area (Å²) in [6.07, 6.45) is 8.16. The summed E-state index contributed by atoms with van der Waals surface area (Å²) in [6, 6.07) is 0.736. The molecule has 0 aromatic rings. The highest BCUT2D eigenvalue weighted by atomic mass is 15.0. The molecule has 78 valence electrons. The summed E-state index contributed by atoms with van der Waals surface area (Å²) in [7, 11) is 0. The molecule has 0 spiro atoms. The Morgan fingerprint density at radius 1 is 1.31 bits per heavy atom. The van der Waals surface area contributed by atoms with Crippen molar-refractivity contribution in [3.63, 3.8) is 0 Å². The van der Waals surface area contributed by atoms with Crippen molar-refractivity contribution in [3.05, 3.63) is 0 Å². The molecule has 1 fully saturated rings. The molecule has 2 heteroatoms. The van der Waals surface area contributed by atoms with Crippen molar-refractivity contribution in [1.82, 2.24) is 10.6 Å². The van der Waals surface area contributed by atoms with Gasteiger partial charge >= 0.3 is 0 Å². The first kappa shape index (κ1) is 11.0. The van der Waals surface area contributed by atoms with Gasteiger partial charge in [-0.15, -0.1) is 0 Å². The van der Waals surface area contributed by atoms with E-state index in [0.717, 1.165) is 6.04 Å². The van der Waals surface area contributed by atoms with Crippen molar-refractivity contribution in [1.29, 1.82) is 0 Å². The summed E-state index contributed by atoms with van der Waals surface area (Å²) < 4.78 is 0. The number of rotatable bonds is 5. The quantitative estimate of drug-likeness (QED) is 0.638. The first-order valence-electron chi connectivity index (χ1n) is 5.87. The SMILES string of the molecule is CCCCNCC1CCCCCN1. The molecule has 13 heavy (non-hydrogen) atoms. The molecule has 0 aromatic heterocycles. The second kappa shape index (κ2) is 7.34. The van der Waals surface area contributed by atoms with E-state index in [1.807, 2.05) is 0 Å². The fourth-order valence-corrected chi connectivity index (χ4v) is 1.85. The third-order valence-corrected chi connectivity index (χ3v) is 2.76. The van der Waals surface area contributed by atoms with Crippen LogP contribution in [0.2, 0.25) is 0 Å². The second-order valence-electron chi connectivity index (χ2n) is 4.06. The molecule has 1 atom stereocenters. The molecular formula is C11H24N2. The largest absolute Gasteiger partial charge is 0.315 e. The van der Waals surface area contributed by atoms with Crippen LogP contribution in [0.15, 0.2) is 0 Å². The number of nitrogens with one attached hydrogen (secondary N) is 2. The molecule has 1 aliphatic rings. The Morgan fingerprint density at radius 3 is 3.08 bits per heavy atom. The van der Waals surface area contributed by atoms with Crippen LogP contribution in [0.3, 0.4) is 0 Å². The maximum absolute atomic E-state index is 3.60. The third kappa shape index (κ3) is 5.27. The summed E-state index contributed by atoms with van der Waals surface area (Å²) in [6.45, 7) is 5.82. The number of unbranched alkanes of at least 4 members (excludes halogenated alkanes) is 1. The Morgan fingerprint density at radius 2 is 2.23 bits per heavy atom. The molecule has 0 radical (unpaired) electrons. The van der Waals surface area contributed by atoms with Crippen LogP contribution in [0.1, 0.15) is 45.4 Å². The van der Waals surface area contributed by atoms with E-state index in [1.54, 1.807) is 0 Å². The van der Waals surface area contributed by atoms with E-state index in [0.29, 0.717) is 0 Å². The van der Waals surface area contributed by atoms with Gasteiger partial charge in [0, 0.05) is 12.6 Å². The molecule has 1 saturated heterocycles. The van der Waals surface area contributed by atoms with Crippen LogP contribution in [0.25, 0.3) is 0 Å². The number of hydrogen-bond acceptors (Lipinski definition) is 2. The van der Waals surface area contributed by atoms with Crippen molar-refractivity contribution >= 4 is 0 Å². The van der Waals surface area contributed by atoms with Crippen LogP contribution in [-0.4, -0.2) is 25.7 Å². The minimum atomic E-state index is 0.736. The monoisotopic (exact) mass is 184 g/mol. The van der Waals surface area contributed by atoms with Gasteiger partial charge in [0.15, 0.2) is 0 Å². The van der Waals surface area contributed by atoms with E-state index >= 15 is 0 Å². The lowest BCUT2D eigenvalue weighted by atomic mass is 10.1. The molecule has 2 nitrogen and oxygen atoms in total. The topological polar surface area (TPSA) is 24.1 Å². The highest BCUT2D eigenvalue weighted by Crippen LogP contribution is 2.07. The Hall–Kier alpha value is -0.0800. The van der Waals surface area contributed by atoms with Crippen LogP contribution < -0.4 is 10.6 Å². The Bertz CT molecular complexity index is 107. The van der Waals surface area contributed by atoms with Crippen molar-refractivity contribution in [2.75, 3.05) is 19.6 Å². The Kier molecular flexibility index (Phi) is 6.21. The van der Waals surface area contributed by atoms with E-state index < -0.39 is 0 Å². The zero-order chi connectivity index (χ0) is 9.36. The average Bonchev–Trinajstić information content (AvgIpc) is 2.41. The van der Waals surface area contributed by atoms with E-state index in [1.165, 1.54) is 58.2 Å². The fourth-order valence-electron chi connectivity index (χ4n) is 1.85. The summed E-state index contributed by atoms with van der Waals surface area (Å²) in [5, 5.41) is 7.12. The molecule has 1 rings (SSSR count). The van der Waals surface area contributed by atoms with Crippen LogP contribution in [-0.2, 0) is 0 Å². The molecule has 1 aliphatic heterocycles. The smallest absolute Gasteiger partial charge is 0.0192 e. The molecule has 0 amide bonds. The summed E-state index contributed by atoms with van der Waals surface area (Å²) in [5.41, 5.74) is 0. The van der Waals surface area contributed by atoms with Gasteiger partial charge in [0.25, 0.3) is 0 Å². The Balaban J connectivity index is 1.98. The molecule has 1 unspecified atom stereocenters. The van der Waals surface area contributed by atoms with E-state index in [9.17, 15) is 0 Å². The highest BCUT2D eigenvalue weighted by Gasteiger charge is 2.09. The molecule has 1 heterocycles. The van der Waals surface area contributed by atoms with E-state index in [2.05, 4.69) is 17.6 Å². The van der Waals surface area contributed by atoms with Gasteiger partial charge in [-0.1, -0.05) is 26.2 Å². The van der Waals surface area contributed by atoms with Crippen molar-refractivity contribution in [2.24, 2.45) is 0 Å². The maximum Gasteiger partial charge on any atom is 0.0192 e. The summed E-state index contributed by atoms with van der Waals surface area (Å²) in [5.74, 6) is 0. The molecule has 0 saturated carbocycles. The highest BCUT2D eigenvalue weighted by molar-refractivity contribution is 4.72. The first-order chi connectivity index (χ1) is 6.43. The van der Waals surface area contributed by atoms with Gasteiger partial charge in [-0.2, -0.15) is 0 Å². The lowest BCUT2D eigenvalue weighted by molar-refractivity contribution is 0.467. The molecule has 0 aliphatic carbocycles. The molecule has 0 aromatic carbocycles. The van der Waals surface area contributed by atoms with Gasteiger partial charge in [-0.25, -0.2) is 0 Å². The maximum atomic E-state index is 3.60. The van der Waals surface area contributed by atoms with Crippen LogP contribution >= 0.6 is 0 Å². The fraction of sp³-hybridized carbons (Fsp3) is 1.00. The van der Waals surface area contributed by atoms with Crippen molar-refractivity contribution in [3.8, 4) is 0 Å².